The Labute approximate surface area is 103 Å². The average molecular weight is 225 g/mol. The van der Waals surface area contributed by atoms with Gasteiger partial charge in [-0.2, -0.15) is 5.26 Å². The van der Waals surface area contributed by atoms with E-state index in [4.69, 9.17) is 0 Å². The standard InChI is InChI=1S/C16H19N/c1-13-5-4-6-14(9-13)16(12-17)10-15(11-16)7-2-3-8-15/h4-6,9H,2-3,7-8,10-11H2,1H3. The molecule has 0 amide bonds. The molecule has 17 heavy (non-hydrogen) atoms. The largest absolute Gasteiger partial charge is 0.197 e. The zero-order chi connectivity index (χ0) is 11.9. The van der Waals surface area contributed by atoms with Gasteiger partial charge in [-0.3, -0.25) is 0 Å². The Kier molecular flexibility index (Phi) is 2.30. The highest BCUT2D eigenvalue weighted by Crippen LogP contribution is 2.62. The Morgan fingerprint density at radius 3 is 2.47 bits per heavy atom. The number of hydrogen-bond acceptors (Lipinski definition) is 1. The summed E-state index contributed by atoms with van der Waals surface area (Å²) < 4.78 is 0. The van der Waals surface area contributed by atoms with Crippen LogP contribution in [0.25, 0.3) is 0 Å². The number of nitriles is 1. The predicted octanol–water partition coefficient (Wildman–Crippen LogP) is 4.11. The molecule has 0 atom stereocenters. The lowest BCUT2D eigenvalue weighted by atomic mass is 9.50. The average Bonchev–Trinajstić information content (AvgIpc) is 2.75. The minimum atomic E-state index is -0.170. The fourth-order valence-electron chi connectivity index (χ4n) is 4.00. The maximum Gasteiger partial charge on any atom is 0.0833 e. The van der Waals surface area contributed by atoms with E-state index in [0.717, 1.165) is 12.8 Å². The highest BCUT2D eigenvalue weighted by Gasteiger charge is 2.56. The molecule has 3 rings (SSSR count). The molecule has 1 spiro atoms. The summed E-state index contributed by atoms with van der Waals surface area (Å²) in [6.45, 7) is 2.11. The highest BCUT2D eigenvalue weighted by molar-refractivity contribution is 5.39. The van der Waals surface area contributed by atoms with Crippen LogP contribution in [0.3, 0.4) is 0 Å². The lowest BCUT2D eigenvalue weighted by Crippen LogP contribution is -2.47. The monoisotopic (exact) mass is 225 g/mol. The Morgan fingerprint density at radius 2 is 1.88 bits per heavy atom. The van der Waals surface area contributed by atoms with Crippen molar-refractivity contribution in [1.29, 1.82) is 5.26 Å². The first-order valence-corrected chi connectivity index (χ1v) is 6.67. The third-order valence-corrected chi connectivity index (χ3v) is 4.80. The number of hydrogen-bond donors (Lipinski definition) is 0. The fourth-order valence-corrected chi connectivity index (χ4v) is 4.00. The first-order valence-electron chi connectivity index (χ1n) is 6.67. The molecule has 0 heterocycles. The molecule has 0 aliphatic heterocycles. The molecule has 1 heteroatoms. The van der Waals surface area contributed by atoms with Gasteiger partial charge in [0.2, 0.25) is 0 Å². The van der Waals surface area contributed by atoms with Crippen LogP contribution in [0, 0.1) is 23.7 Å². The van der Waals surface area contributed by atoms with E-state index in [2.05, 4.69) is 37.3 Å². The summed E-state index contributed by atoms with van der Waals surface area (Å²) in [5, 5.41) is 9.57. The van der Waals surface area contributed by atoms with E-state index in [1.165, 1.54) is 36.8 Å². The maximum atomic E-state index is 9.57. The molecule has 2 aliphatic rings. The van der Waals surface area contributed by atoms with Crippen LogP contribution < -0.4 is 0 Å². The van der Waals surface area contributed by atoms with Crippen molar-refractivity contribution in [2.24, 2.45) is 5.41 Å². The van der Waals surface area contributed by atoms with E-state index in [9.17, 15) is 5.26 Å². The lowest BCUT2D eigenvalue weighted by Gasteiger charge is -2.51. The molecule has 0 N–H and O–H groups in total. The SMILES string of the molecule is Cc1cccc(C2(C#N)CC3(CCCC3)C2)c1. The van der Waals surface area contributed by atoms with Crippen LogP contribution in [0.15, 0.2) is 24.3 Å². The van der Waals surface area contributed by atoms with Crippen molar-refractivity contribution in [2.45, 2.75) is 50.9 Å². The van der Waals surface area contributed by atoms with Crippen LogP contribution in [-0.2, 0) is 5.41 Å². The summed E-state index contributed by atoms with van der Waals surface area (Å²) in [5.74, 6) is 0. The van der Waals surface area contributed by atoms with E-state index in [1.54, 1.807) is 0 Å². The van der Waals surface area contributed by atoms with Crippen molar-refractivity contribution in [3.8, 4) is 6.07 Å². The van der Waals surface area contributed by atoms with Gasteiger partial charge < -0.3 is 0 Å². The fraction of sp³-hybridized carbons (Fsp3) is 0.562. The molecule has 0 saturated heterocycles. The Hall–Kier alpha value is -1.29. The van der Waals surface area contributed by atoms with Gasteiger partial charge in [-0.15, -0.1) is 0 Å². The van der Waals surface area contributed by atoms with E-state index in [-0.39, 0.29) is 5.41 Å². The Bertz CT molecular complexity index is 467. The van der Waals surface area contributed by atoms with E-state index in [1.807, 2.05) is 0 Å². The first-order chi connectivity index (χ1) is 8.18. The summed E-state index contributed by atoms with van der Waals surface area (Å²) >= 11 is 0. The minimum Gasteiger partial charge on any atom is -0.197 e. The van der Waals surface area contributed by atoms with E-state index >= 15 is 0 Å². The van der Waals surface area contributed by atoms with Crippen molar-refractivity contribution in [3.63, 3.8) is 0 Å². The van der Waals surface area contributed by atoms with Crippen LogP contribution in [0.4, 0.5) is 0 Å². The molecule has 2 saturated carbocycles. The molecule has 2 aliphatic carbocycles. The van der Waals surface area contributed by atoms with Crippen molar-refractivity contribution in [3.05, 3.63) is 35.4 Å². The summed E-state index contributed by atoms with van der Waals surface area (Å²) in [6, 6.07) is 11.1. The van der Waals surface area contributed by atoms with Gasteiger partial charge in [0, 0.05) is 0 Å². The molecular formula is C16H19N. The normalized spacial score (nSPS) is 24.2. The zero-order valence-electron chi connectivity index (χ0n) is 10.5. The lowest BCUT2D eigenvalue weighted by molar-refractivity contribution is 0.0648. The molecule has 0 unspecified atom stereocenters. The number of rotatable bonds is 1. The second-order valence-electron chi connectivity index (χ2n) is 6.12. The van der Waals surface area contributed by atoms with Crippen molar-refractivity contribution in [1.82, 2.24) is 0 Å². The predicted molar refractivity (Wildman–Crippen MR) is 68.6 cm³/mol. The number of benzene rings is 1. The van der Waals surface area contributed by atoms with Crippen LogP contribution in [0.2, 0.25) is 0 Å². The van der Waals surface area contributed by atoms with Crippen molar-refractivity contribution >= 4 is 0 Å². The molecule has 0 bridgehead atoms. The third kappa shape index (κ3) is 1.59. The van der Waals surface area contributed by atoms with E-state index < -0.39 is 0 Å². The third-order valence-electron chi connectivity index (χ3n) is 4.80. The smallest absolute Gasteiger partial charge is 0.0833 e. The van der Waals surface area contributed by atoms with Crippen molar-refractivity contribution < 1.29 is 0 Å². The molecule has 0 aromatic heterocycles. The summed E-state index contributed by atoms with van der Waals surface area (Å²) in [6.07, 6.45) is 7.63. The zero-order valence-corrected chi connectivity index (χ0v) is 10.5. The summed E-state index contributed by atoms with van der Waals surface area (Å²) in [7, 11) is 0. The van der Waals surface area contributed by atoms with Crippen LogP contribution in [0.1, 0.15) is 49.7 Å². The topological polar surface area (TPSA) is 23.8 Å². The Balaban J connectivity index is 1.89. The van der Waals surface area contributed by atoms with Gasteiger partial charge in [-0.25, -0.2) is 0 Å². The molecule has 1 aromatic rings. The Morgan fingerprint density at radius 1 is 1.18 bits per heavy atom. The van der Waals surface area contributed by atoms with Gasteiger partial charge in [0.05, 0.1) is 11.5 Å². The quantitative estimate of drug-likeness (QED) is 0.705. The summed E-state index contributed by atoms with van der Waals surface area (Å²) in [5.41, 5.74) is 2.87. The number of nitrogens with zero attached hydrogens (tertiary/aromatic N) is 1. The van der Waals surface area contributed by atoms with Gasteiger partial charge >= 0.3 is 0 Å². The van der Waals surface area contributed by atoms with Gasteiger partial charge in [-0.1, -0.05) is 42.7 Å². The second kappa shape index (κ2) is 3.60. The van der Waals surface area contributed by atoms with Crippen LogP contribution in [-0.4, -0.2) is 0 Å². The van der Waals surface area contributed by atoms with Gasteiger partial charge in [0.1, 0.15) is 0 Å². The highest BCUT2D eigenvalue weighted by atomic mass is 14.6. The molecule has 0 radical (unpaired) electrons. The van der Waals surface area contributed by atoms with Crippen LogP contribution >= 0.6 is 0 Å². The second-order valence-corrected chi connectivity index (χ2v) is 6.12. The van der Waals surface area contributed by atoms with Crippen molar-refractivity contribution in [2.75, 3.05) is 0 Å². The molecule has 1 nitrogen and oxygen atoms in total. The van der Waals surface area contributed by atoms with Crippen LogP contribution in [0.5, 0.6) is 0 Å². The first kappa shape index (κ1) is 10.8. The van der Waals surface area contributed by atoms with Gasteiger partial charge in [0.15, 0.2) is 0 Å². The molecule has 1 aromatic carbocycles. The minimum absolute atomic E-state index is 0.170. The maximum absolute atomic E-state index is 9.57. The molecular weight excluding hydrogens is 206 g/mol. The van der Waals surface area contributed by atoms with Gasteiger partial charge in [-0.05, 0) is 43.6 Å². The summed E-state index contributed by atoms with van der Waals surface area (Å²) in [4.78, 5) is 0. The van der Waals surface area contributed by atoms with Gasteiger partial charge in [0.25, 0.3) is 0 Å². The molecule has 88 valence electrons. The number of aryl methyl sites for hydroxylation is 1. The molecule has 2 fully saturated rings. The van der Waals surface area contributed by atoms with E-state index in [0.29, 0.717) is 5.41 Å².